The normalized spacial score (nSPS) is 14.9. The molecule has 26 heavy (non-hydrogen) atoms. The largest absolute Gasteiger partial charge is 0.424 e. The van der Waals surface area contributed by atoms with Crippen LogP contribution in [0.3, 0.4) is 0 Å². The second-order valence-electron chi connectivity index (χ2n) is 4.16. The molecule has 2 N–H and O–H groups in total. The molecule has 0 fully saturated rings. The van der Waals surface area contributed by atoms with Crippen molar-refractivity contribution < 1.29 is 81.2 Å². The lowest BCUT2D eigenvalue weighted by atomic mass is 9.91. The van der Waals surface area contributed by atoms with E-state index in [2.05, 4.69) is 0 Å². The number of carbonyl (C=O) groups excluding carboxylic acids is 1. The van der Waals surface area contributed by atoms with E-state index in [1.54, 1.807) is 0 Å². The highest BCUT2D eigenvalue weighted by atomic mass is 19.4. The van der Waals surface area contributed by atoms with E-state index in [0.717, 1.165) is 0 Å². The van der Waals surface area contributed by atoms with Crippen molar-refractivity contribution in [3.05, 3.63) is 0 Å². The molecule has 158 valence electrons. The Morgan fingerprint density at radius 2 is 0.962 bits per heavy atom. The van der Waals surface area contributed by atoms with Crippen molar-refractivity contribution >= 4 is 5.97 Å². The molecular weight excluding hydrogens is 429 g/mol. The summed E-state index contributed by atoms with van der Waals surface area (Å²) in [6.07, 6.45) is -5.82. The zero-order valence-corrected chi connectivity index (χ0v) is 11.1. The van der Waals surface area contributed by atoms with Crippen LogP contribution in [0.15, 0.2) is 0 Å². The minimum atomic E-state index is -8.27. The number of hydrogen-bond donors (Lipinski definition) is 0. The highest BCUT2D eigenvalue weighted by Gasteiger charge is 2.92. The maximum Gasteiger partial charge on any atom is 0.424 e. The molecule has 18 heteroatoms. The van der Waals surface area contributed by atoms with Gasteiger partial charge in [-0.1, -0.05) is 0 Å². The van der Waals surface area contributed by atoms with Crippen molar-refractivity contribution in [1.29, 1.82) is 0 Å². The monoisotopic (exact) mass is 432 g/mol. The van der Waals surface area contributed by atoms with Gasteiger partial charge in [0, 0.05) is 4.53 Å². The molecule has 0 spiro atoms. The molecule has 0 aromatic heterocycles. The number of rotatable bonds is 7. The van der Waals surface area contributed by atoms with Crippen molar-refractivity contribution in [2.24, 2.45) is 0 Å². The molecule has 0 heterocycles. The molecule has 0 aliphatic rings. The topological polar surface area (TPSA) is 57.8 Å². The Hall–Kier alpha value is -1.62. The van der Waals surface area contributed by atoms with E-state index in [9.17, 15) is 70.8 Å². The van der Waals surface area contributed by atoms with Gasteiger partial charge in [-0.3, -0.25) is 0 Å². The third kappa shape index (κ3) is 3.11. The van der Waals surface area contributed by atoms with Gasteiger partial charge in [-0.25, -0.2) is 18.5 Å². The van der Waals surface area contributed by atoms with Crippen LogP contribution >= 0.6 is 0 Å². The molecule has 0 saturated heterocycles. The molecule has 0 bridgehead atoms. The quantitative estimate of drug-likeness (QED) is 0.577. The first-order chi connectivity index (χ1) is 10.7. The molecule has 0 aliphatic heterocycles. The van der Waals surface area contributed by atoms with Gasteiger partial charge in [-0.15, -0.1) is 0 Å². The summed E-state index contributed by atoms with van der Waals surface area (Å²) in [6, 6.07) is 0. The third-order valence-corrected chi connectivity index (χ3v) is 2.60. The van der Waals surface area contributed by atoms with E-state index in [-0.39, 0.29) is 5.48 Å². The summed E-state index contributed by atoms with van der Waals surface area (Å²) < 4.78 is 187. The van der Waals surface area contributed by atoms with Crippen molar-refractivity contribution in [2.75, 3.05) is 0 Å². The van der Waals surface area contributed by atoms with E-state index in [4.69, 9.17) is 0 Å². The first kappa shape index (κ1) is 26.6. The molecule has 0 aliphatic carbocycles. The molecule has 0 atom stereocenters. The first-order valence-corrected chi connectivity index (χ1v) is 5.06. The van der Waals surface area contributed by atoms with Crippen molar-refractivity contribution in [3.8, 4) is 0 Å². The van der Waals surface area contributed by atoms with Crippen LogP contribution in [-0.2, 0) is 9.74 Å². The number of hydrogen-bond acceptors (Lipinski definition) is 2. The zero-order chi connectivity index (χ0) is 20.9. The van der Waals surface area contributed by atoms with Crippen LogP contribution in [-0.4, -0.2) is 53.4 Å². The minimum absolute atomic E-state index is 0. The van der Waals surface area contributed by atoms with E-state index in [1.807, 2.05) is 0 Å². The molecule has 0 unspecified atom stereocenters. The van der Waals surface area contributed by atoms with E-state index < -0.39 is 47.9 Å². The van der Waals surface area contributed by atoms with Crippen molar-refractivity contribution in [3.63, 3.8) is 0 Å². The Kier molecular flexibility index (Phi) is 7.00. The second-order valence-corrected chi connectivity index (χ2v) is 4.16. The summed E-state index contributed by atoms with van der Waals surface area (Å²) in [5, 5.41) is 0. The predicted octanol–water partition coefficient (Wildman–Crippen LogP) is 3.67. The van der Waals surface area contributed by atoms with Crippen LogP contribution in [0.2, 0.25) is 0 Å². The average Bonchev–Trinajstić information content (AvgIpc) is 2.44. The Morgan fingerprint density at radius 3 is 1.23 bits per heavy atom. The van der Waals surface area contributed by atoms with Gasteiger partial charge in [-0.2, -0.15) is 52.7 Å². The molecule has 0 aromatic carbocycles. The maximum atomic E-state index is 12.9. The van der Waals surface area contributed by atoms with Crippen LogP contribution in [0.4, 0.5) is 66.0 Å². The van der Waals surface area contributed by atoms with Crippen molar-refractivity contribution in [1.82, 2.24) is 0 Å². The average molecular weight is 432 g/mol. The highest BCUT2D eigenvalue weighted by Crippen LogP contribution is 2.60. The maximum absolute atomic E-state index is 12.9. The Labute approximate surface area is 130 Å². The third-order valence-electron chi connectivity index (χ3n) is 2.60. The van der Waals surface area contributed by atoms with Gasteiger partial charge < -0.3 is 5.48 Å². The molecule has 0 rings (SSSR count). The summed E-state index contributed by atoms with van der Waals surface area (Å²) in [6.45, 7) is 0. The fourth-order valence-electron chi connectivity index (χ4n) is 1.11. The zero-order valence-electron chi connectivity index (χ0n) is 11.1. The molecule has 3 nitrogen and oxygen atoms in total. The van der Waals surface area contributed by atoms with Gasteiger partial charge in [0.2, 0.25) is 0 Å². The minimum Gasteiger partial charge on any atom is -0.412 e. The SMILES string of the molecule is O.O=C(OF)C(F)(F)C(F)(F)C(F)(F)C(F)(F)C(F)(F)C(F)(F)C(F)F. The van der Waals surface area contributed by atoms with Crippen LogP contribution in [0.1, 0.15) is 0 Å². The Balaban J connectivity index is 0. The van der Waals surface area contributed by atoms with Crippen LogP contribution in [0, 0.1) is 0 Å². The molecule has 0 aromatic rings. The predicted molar refractivity (Wildman–Crippen MR) is 46.5 cm³/mol. The number of alkyl halides is 14. The van der Waals surface area contributed by atoms with Gasteiger partial charge >= 0.3 is 47.9 Å². The van der Waals surface area contributed by atoms with Gasteiger partial charge in [0.25, 0.3) is 0 Å². The van der Waals surface area contributed by atoms with Gasteiger partial charge in [0.15, 0.2) is 0 Å². The standard InChI is InChI=1S/C8HF15O2.H2O/c9-1(10)3(11,12)5(15,16)7(19,20)8(21,22)6(17,18)4(13,14)2(24)25-23;/h1H;1H2. The summed E-state index contributed by atoms with van der Waals surface area (Å²) in [7, 11) is 0. The first-order valence-electron chi connectivity index (χ1n) is 5.06. The van der Waals surface area contributed by atoms with Crippen LogP contribution in [0.25, 0.3) is 0 Å². The summed E-state index contributed by atoms with van der Waals surface area (Å²) in [5.74, 6) is -51.5. The summed E-state index contributed by atoms with van der Waals surface area (Å²) >= 11 is 0. The Morgan fingerprint density at radius 1 is 0.654 bits per heavy atom. The van der Waals surface area contributed by atoms with E-state index in [0.29, 0.717) is 0 Å². The molecule has 0 saturated carbocycles. The lowest BCUT2D eigenvalue weighted by Gasteiger charge is -2.40. The fraction of sp³-hybridized carbons (Fsp3) is 0.875. The number of carbonyl (C=O) groups is 1. The number of halogens is 15. The Bertz CT molecular complexity index is 513. The van der Waals surface area contributed by atoms with Gasteiger partial charge in [0.05, 0.1) is 0 Å². The van der Waals surface area contributed by atoms with Crippen LogP contribution < -0.4 is 0 Å². The summed E-state index contributed by atoms with van der Waals surface area (Å²) in [5.41, 5.74) is 0. The van der Waals surface area contributed by atoms with Crippen LogP contribution in [0.5, 0.6) is 0 Å². The smallest absolute Gasteiger partial charge is 0.412 e. The van der Waals surface area contributed by atoms with E-state index in [1.165, 1.54) is 4.94 Å². The lowest BCUT2D eigenvalue weighted by Crippen LogP contribution is -2.72. The molecule has 0 radical (unpaired) electrons. The molecular formula is C8H3F15O3. The molecule has 0 amide bonds. The van der Waals surface area contributed by atoms with Crippen molar-refractivity contribution in [2.45, 2.75) is 42.0 Å². The van der Waals surface area contributed by atoms with Gasteiger partial charge in [0.1, 0.15) is 0 Å². The van der Waals surface area contributed by atoms with Gasteiger partial charge in [-0.05, 0) is 0 Å². The van der Waals surface area contributed by atoms with E-state index >= 15 is 0 Å². The highest BCUT2D eigenvalue weighted by molar-refractivity contribution is 5.78. The second kappa shape index (κ2) is 6.84. The lowest BCUT2D eigenvalue weighted by molar-refractivity contribution is -0.430. The summed E-state index contributed by atoms with van der Waals surface area (Å²) in [4.78, 5) is 11.3. The fourth-order valence-corrected chi connectivity index (χ4v) is 1.11.